The van der Waals surface area contributed by atoms with Crippen LogP contribution in [-0.4, -0.2) is 62.2 Å². The number of aliphatic carboxylic acids is 2. The standard InChI is InChI=1S/2C12H18N.C4H6O4/c2*1-4-10-13(2,3)11-12-8-6-5-7-9-12;5-3(6)1-2-4(7)8/h2*4-9H,1,10-11H2,2-3H3;1-2H2,(H,5,6)(H,7,8)/q2*+1;/p-2. The van der Waals surface area contributed by atoms with Crippen LogP contribution in [-0.2, 0) is 22.7 Å². The van der Waals surface area contributed by atoms with E-state index in [0.29, 0.717) is 0 Å². The minimum atomic E-state index is -1.37. The zero-order chi connectivity index (χ0) is 26.0. The number of benzene rings is 2. The summed E-state index contributed by atoms with van der Waals surface area (Å²) in [6.07, 6.45) is 3.01. The van der Waals surface area contributed by atoms with Gasteiger partial charge in [-0.2, -0.15) is 0 Å². The van der Waals surface area contributed by atoms with Crippen LogP contribution in [0.2, 0.25) is 0 Å². The van der Waals surface area contributed by atoms with Crippen molar-refractivity contribution in [2.45, 2.75) is 25.9 Å². The largest absolute Gasteiger partial charge is 0.550 e. The van der Waals surface area contributed by atoms with Gasteiger partial charge in [0.05, 0.1) is 41.3 Å². The zero-order valence-electron chi connectivity index (χ0n) is 21.1. The van der Waals surface area contributed by atoms with Crippen LogP contribution in [0.1, 0.15) is 24.0 Å². The van der Waals surface area contributed by atoms with E-state index in [-0.39, 0.29) is 0 Å². The van der Waals surface area contributed by atoms with Crippen LogP contribution in [0.25, 0.3) is 0 Å². The molecule has 0 N–H and O–H groups in total. The van der Waals surface area contributed by atoms with E-state index in [2.05, 4.69) is 102 Å². The SMILES string of the molecule is C=CC[N+](C)(C)Cc1ccccc1.C=CC[N+](C)(C)Cc1ccccc1.O=C([O-])CCC(=O)[O-]. The Bertz CT molecular complexity index is 789. The van der Waals surface area contributed by atoms with E-state index in [4.69, 9.17) is 0 Å². The van der Waals surface area contributed by atoms with E-state index in [1.54, 1.807) is 0 Å². The Morgan fingerprint density at radius 3 is 1.21 bits per heavy atom. The predicted octanol–water partition coefficient (Wildman–Crippen LogP) is 2.16. The van der Waals surface area contributed by atoms with E-state index in [9.17, 15) is 19.8 Å². The first-order valence-electron chi connectivity index (χ1n) is 11.2. The van der Waals surface area contributed by atoms with E-state index in [1.807, 2.05) is 12.2 Å². The molecule has 2 rings (SSSR count). The van der Waals surface area contributed by atoms with Gasteiger partial charge < -0.3 is 28.8 Å². The van der Waals surface area contributed by atoms with Crippen LogP contribution in [0.3, 0.4) is 0 Å². The Morgan fingerprint density at radius 2 is 0.971 bits per heavy atom. The maximum Gasteiger partial charge on any atom is 0.104 e. The molecular formula is C28H40N2O4. The highest BCUT2D eigenvalue weighted by Crippen LogP contribution is 2.09. The zero-order valence-corrected chi connectivity index (χ0v) is 21.1. The fraction of sp³-hybridized carbons (Fsp3) is 0.357. The smallest absolute Gasteiger partial charge is 0.104 e. The third-order valence-electron chi connectivity index (χ3n) is 4.69. The van der Waals surface area contributed by atoms with Crippen molar-refractivity contribution >= 4 is 11.9 Å². The molecule has 34 heavy (non-hydrogen) atoms. The highest BCUT2D eigenvalue weighted by Gasteiger charge is 2.13. The maximum absolute atomic E-state index is 9.50. The van der Waals surface area contributed by atoms with Gasteiger partial charge in [0.1, 0.15) is 13.1 Å². The topological polar surface area (TPSA) is 80.3 Å². The molecular weight excluding hydrogens is 428 g/mol. The number of hydrogen-bond donors (Lipinski definition) is 0. The summed E-state index contributed by atoms with van der Waals surface area (Å²) in [4.78, 5) is 19.0. The molecule has 0 spiro atoms. The van der Waals surface area contributed by atoms with Crippen LogP contribution in [0, 0.1) is 0 Å². The van der Waals surface area contributed by atoms with Gasteiger partial charge in [-0.3, -0.25) is 0 Å². The summed E-state index contributed by atoms with van der Waals surface area (Å²) < 4.78 is 1.93. The number of carboxylic acid groups (broad SMARTS) is 2. The number of rotatable bonds is 11. The van der Waals surface area contributed by atoms with Gasteiger partial charge in [-0.25, -0.2) is 0 Å². The monoisotopic (exact) mass is 468 g/mol. The summed E-state index contributed by atoms with van der Waals surface area (Å²) in [6.45, 7) is 11.7. The minimum absolute atomic E-state index is 0.470. The van der Waals surface area contributed by atoms with E-state index in [0.717, 1.165) is 35.1 Å². The van der Waals surface area contributed by atoms with Crippen molar-refractivity contribution in [2.24, 2.45) is 0 Å². The lowest BCUT2D eigenvalue weighted by atomic mass is 10.2. The highest BCUT2D eigenvalue weighted by atomic mass is 16.4. The first kappa shape index (κ1) is 30.8. The molecule has 0 saturated carbocycles. The lowest BCUT2D eigenvalue weighted by Gasteiger charge is -2.28. The molecule has 0 radical (unpaired) electrons. The summed E-state index contributed by atoms with van der Waals surface area (Å²) in [5.74, 6) is -2.73. The molecule has 0 aliphatic rings. The second-order valence-corrected chi connectivity index (χ2v) is 9.35. The van der Waals surface area contributed by atoms with Crippen molar-refractivity contribution < 1.29 is 28.8 Å². The van der Waals surface area contributed by atoms with Gasteiger partial charge in [-0.15, -0.1) is 0 Å². The third-order valence-corrected chi connectivity index (χ3v) is 4.69. The summed E-state index contributed by atoms with van der Waals surface area (Å²) in [5.41, 5.74) is 2.77. The fourth-order valence-electron chi connectivity index (χ4n) is 3.19. The van der Waals surface area contributed by atoms with Crippen LogP contribution in [0.5, 0.6) is 0 Å². The fourth-order valence-corrected chi connectivity index (χ4v) is 3.19. The van der Waals surface area contributed by atoms with Crippen molar-refractivity contribution in [3.8, 4) is 0 Å². The average Bonchev–Trinajstić information content (AvgIpc) is 2.74. The Kier molecular flexibility index (Phi) is 14.8. The normalized spacial score (nSPS) is 10.6. The molecule has 0 aliphatic heterocycles. The molecule has 0 aromatic heterocycles. The second-order valence-electron chi connectivity index (χ2n) is 9.35. The molecule has 0 unspecified atom stereocenters. The molecule has 6 heteroatoms. The number of likely N-dealkylation sites (N-methyl/N-ethyl adjacent to an activating group) is 2. The Hall–Kier alpha value is -3.22. The van der Waals surface area contributed by atoms with E-state index in [1.165, 1.54) is 11.1 Å². The number of quaternary nitrogens is 2. The Morgan fingerprint density at radius 1 is 0.676 bits per heavy atom. The van der Waals surface area contributed by atoms with E-state index >= 15 is 0 Å². The van der Waals surface area contributed by atoms with Crippen molar-refractivity contribution in [1.82, 2.24) is 0 Å². The summed E-state index contributed by atoms with van der Waals surface area (Å²) in [6, 6.07) is 21.1. The molecule has 6 nitrogen and oxygen atoms in total. The Balaban J connectivity index is 0.000000497. The highest BCUT2D eigenvalue weighted by molar-refractivity contribution is 5.72. The molecule has 2 aromatic rings. The van der Waals surface area contributed by atoms with Crippen LogP contribution in [0.4, 0.5) is 0 Å². The van der Waals surface area contributed by atoms with Crippen LogP contribution in [0.15, 0.2) is 86.0 Å². The number of nitrogens with zero attached hydrogens (tertiary/aromatic N) is 2. The van der Waals surface area contributed by atoms with Crippen molar-refractivity contribution in [2.75, 3.05) is 41.3 Å². The van der Waals surface area contributed by atoms with Crippen LogP contribution < -0.4 is 10.2 Å². The van der Waals surface area contributed by atoms with Gasteiger partial charge in [0.15, 0.2) is 0 Å². The number of carbonyl (C=O) groups is 2. The second kappa shape index (κ2) is 16.4. The minimum Gasteiger partial charge on any atom is -0.550 e. The Labute approximate surface area is 205 Å². The molecule has 0 aliphatic carbocycles. The average molecular weight is 469 g/mol. The first-order valence-corrected chi connectivity index (χ1v) is 11.2. The van der Waals surface area contributed by atoms with Crippen LogP contribution >= 0.6 is 0 Å². The van der Waals surface area contributed by atoms with Gasteiger partial charge in [-0.05, 0) is 25.0 Å². The summed E-state index contributed by atoms with van der Waals surface area (Å²) in [7, 11) is 8.87. The molecule has 0 fully saturated rings. The molecule has 186 valence electrons. The molecule has 0 atom stereocenters. The van der Waals surface area contributed by atoms with Crippen molar-refractivity contribution in [3.05, 3.63) is 97.1 Å². The van der Waals surface area contributed by atoms with Gasteiger partial charge in [0.2, 0.25) is 0 Å². The number of hydrogen-bond acceptors (Lipinski definition) is 4. The molecule has 0 heterocycles. The summed E-state index contributed by atoms with van der Waals surface area (Å²) >= 11 is 0. The van der Waals surface area contributed by atoms with Crippen molar-refractivity contribution in [1.29, 1.82) is 0 Å². The molecule has 0 bridgehead atoms. The number of carbonyl (C=O) groups excluding carboxylic acids is 2. The van der Waals surface area contributed by atoms with E-state index < -0.39 is 24.8 Å². The van der Waals surface area contributed by atoms with Gasteiger partial charge in [0.25, 0.3) is 0 Å². The predicted molar refractivity (Wildman–Crippen MR) is 134 cm³/mol. The maximum atomic E-state index is 9.50. The summed E-state index contributed by atoms with van der Waals surface area (Å²) in [5, 5.41) is 19.0. The quantitative estimate of drug-likeness (QED) is 0.374. The molecule has 0 saturated heterocycles. The first-order chi connectivity index (χ1) is 15.9. The third kappa shape index (κ3) is 17.3. The lowest BCUT2D eigenvalue weighted by Crippen LogP contribution is -2.38. The van der Waals surface area contributed by atoms with Crippen molar-refractivity contribution in [3.63, 3.8) is 0 Å². The van der Waals surface area contributed by atoms with Gasteiger partial charge >= 0.3 is 0 Å². The van der Waals surface area contributed by atoms with Gasteiger partial charge in [-0.1, -0.05) is 73.8 Å². The molecule has 2 aromatic carbocycles. The van der Waals surface area contributed by atoms with Gasteiger partial charge in [0, 0.05) is 23.1 Å². The number of carboxylic acids is 2. The molecule has 0 amide bonds. The lowest BCUT2D eigenvalue weighted by molar-refractivity contribution is -0.897.